The van der Waals surface area contributed by atoms with Crippen LogP contribution < -0.4 is 0 Å². The van der Waals surface area contributed by atoms with Crippen LogP contribution in [0.1, 0.15) is 37.8 Å². The molecule has 0 amide bonds. The maximum atomic E-state index is 12.9. The fourth-order valence-corrected chi connectivity index (χ4v) is 4.06. The van der Waals surface area contributed by atoms with Gasteiger partial charge in [-0.15, -0.1) is 0 Å². The molecule has 4 heteroatoms. The Kier molecular flexibility index (Phi) is 4.17. The summed E-state index contributed by atoms with van der Waals surface area (Å²) in [5.74, 6) is -0.0420. The Morgan fingerprint density at radius 3 is 2.58 bits per heavy atom. The van der Waals surface area contributed by atoms with Crippen molar-refractivity contribution >= 4 is 23.0 Å². The molecule has 0 spiro atoms. The molecular formula is C22H21ClO3. The van der Waals surface area contributed by atoms with Crippen molar-refractivity contribution in [3.8, 4) is 11.1 Å². The first kappa shape index (κ1) is 17.3. The highest BCUT2D eigenvalue weighted by Crippen LogP contribution is 2.45. The Bertz CT molecular complexity index is 913. The van der Waals surface area contributed by atoms with E-state index in [1.807, 2.05) is 49.4 Å². The van der Waals surface area contributed by atoms with Gasteiger partial charge in [0.2, 0.25) is 0 Å². The Hall–Kier alpha value is -2.10. The Labute approximate surface area is 158 Å². The summed E-state index contributed by atoms with van der Waals surface area (Å²) >= 11 is 5.99. The molecule has 1 saturated heterocycles. The van der Waals surface area contributed by atoms with Gasteiger partial charge in [-0.2, -0.15) is 0 Å². The smallest absolute Gasteiger partial charge is 0.195 e. The van der Waals surface area contributed by atoms with E-state index >= 15 is 0 Å². The molecule has 2 aromatic carbocycles. The van der Waals surface area contributed by atoms with Gasteiger partial charge < -0.3 is 9.84 Å². The number of ether oxygens (including phenoxy) is 1. The average molecular weight is 369 g/mol. The normalized spacial score (nSPS) is 25.0. The number of carbonyl (C=O) groups is 1. The molecule has 0 saturated carbocycles. The van der Waals surface area contributed by atoms with E-state index in [1.54, 1.807) is 0 Å². The van der Waals surface area contributed by atoms with E-state index in [0.717, 1.165) is 28.7 Å². The highest BCUT2D eigenvalue weighted by Gasteiger charge is 2.50. The monoisotopic (exact) mass is 368 g/mol. The molecule has 1 fully saturated rings. The number of fused-ring (bicyclic) bond motifs is 2. The highest BCUT2D eigenvalue weighted by molar-refractivity contribution is 6.30. The minimum atomic E-state index is -0.755. The highest BCUT2D eigenvalue weighted by atomic mass is 35.5. The van der Waals surface area contributed by atoms with Crippen molar-refractivity contribution in [1.82, 2.24) is 0 Å². The van der Waals surface area contributed by atoms with Crippen molar-refractivity contribution in [2.45, 2.75) is 44.8 Å². The number of rotatable bonds is 3. The first-order valence-corrected chi connectivity index (χ1v) is 9.36. The molecule has 26 heavy (non-hydrogen) atoms. The van der Waals surface area contributed by atoms with Gasteiger partial charge in [-0.3, -0.25) is 4.79 Å². The second-order valence-corrected chi connectivity index (χ2v) is 7.63. The first-order valence-electron chi connectivity index (χ1n) is 8.98. The number of Topliss-reactive ketones (excluding diaryl/α,β-unsaturated/α-hetero) is 1. The van der Waals surface area contributed by atoms with E-state index < -0.39 is 11.7 Å². The lowest BCUT2D eigenvalue weighted by Gasteiger charge is -2.31. The molecule has 2 atom stereocenters. The summed E-state index contributed by atoms with van der Waals surface area (Å²) in [6, 6.07) is 13.7. The molecule has 2 bridgehead atoms. The quantitative estimate of drug-likeness (QED) is 0.793. The van der Waals surface area contributed by atoms with Crippen LogP contribution in [0.15, 0.2) is 48.2 Å². The molecule has 3 nitrogen and oxygen atoms in total. The van der Waals surface area contributed by atoms with E-state index in [4.69, 9.17) is 16.3 Å². The third kappa shape index (κ3) is 2.67. The lowest BCUT2D eigenvalue weighted by atomic mass is 9.86. The number of hydrogen-bond donors (Lipinski definition) is 1. The number of carbonyl (C=O) groups excluding carboxylic acids is 1. The second kappa shape index (κ2) is 6.26. The standard InChI is InChI=1S/C22H21ClO3/c1-3-13-4-5-15(14-6-8-16(23)9-7-14)12-17(13)19-20(24)18-10-11-22(2,26-18)21(19)25/h4-9,12,18,25H,3,10-11H2,1-2H3. The van der Waals surface area contributed by atoms with Crippen LogP contribution >= 0.6 is 11.6 Å². The summed E-state index contributed by atoms with van der Waals surface area (Å²) in [5.41, 5.74) is 3.54. The molecule has 4 rings (SSSR count). The van der Waals surface area contributed by atoms with Crippen LogP contribution in [0.3, 0.4) is 0 Å². The van der Waals surface area contributed by atoms with Crippen molar-refractivity contribution in [3.63, 3.8) is 0 Å². The molecule has 1 N–H and O–H groups in total. The van der Waals surface area contributed by atoms with Gasteiger partial charge in [0.25, 0.3) is 0 Å². The number of benzene rings is 2. The molecule has 0 radical (unpaired) electrons. The number of aryl methyl sites for hydroxylation is 1. The topological polar surface area (TPSA) is 46.5 Å². The zero-order valence-corrected chi connectivity index (χ0v) is 15.6. The molecule has 2 heterocycles. The average Bonchev–Trinajstić information content (AvgIpc) is 3.02. The van der Waals surface area contributed by atoms with Crippen molar-refractivity contribution < 1.29 is 14.6 Å². The van der Waals surface area contributed by atoms with Gasteiger partial charge in [0.15, 0.2) is 5.78 Å². The summed E-state index contributed by atoms with van der Waals surface area (Å²) in [6.45, 7) is 3.92. The minimum Gasteiger partial charge on any atom is -0.508 e. The van der Waals surface area contributed by atoms with Crippen LogP contribution in [0, 0.1) is 0 Å². The maximum absolute atomic E-state index is 12.9. The summed E-state index contributed by atoms with van der Waals surface area (Å²) in [6.07, 6.45) is 1.65. The van der Waals surface area contributed by atoms with E-state index in [-0.39, 0.29) is 11.5 Å². The molecule has 134 valence electrons. The van der Waals surface area contributed by atoms with Crippen LogP contribution in [-0.4, -0.2) is 22.6 Å². The number of halogens is 1. The summed E-state index contributed by atoms with van der Waals surface area (Å²) in [7, 11) is 0. The van der Waals surface area contributed by atoms with Gasteiger partial charge in [0.05, 0.1) is 5.57 Å². The van der Waals surface area contributed by atoms with Gasteiger partial charge in [0.1, 0.15) is 17.5 Å². The summed E-state index contributed by atoms with van der Waals surface area (Å²) in [5, 5.41) is 11.6. The van der Waals surface area contributed by atoms with E-state index in [9.17, 15) is 9.90 Å². The number of ketones is 1. The summed E-state index contributed by atoms with van der Waals surface area (Å²) < 4.78 is 5.79. The largest absolute Gasteiger partial charge is 0.508 e. The molecule has 2 aliphatic rings. The Balaban J connectivity index is 1.89. The Morgan fingerprint density at radius 2 is 1.88 bits per heavy atom. The van der Waals surface area contributed by atoms with Gasteiger partial charge in [-0.05, 0) is 66.6 Å². The van der Waals surface area contributed by atoms with Crippen molar-refractivity contribution in [2.24, 2.45) is 0 Å². The van der Waals surface area contributed by atoms with Gasteiger partial charge in [0, 0.05) is 5.02 Å². The molecule has 2 aliphatic heterocycles. The predicted octanol–water partition coefficient (Wildman–Crippen LogP) is 5.36. The maximum Gasteiger partial charge on any atom is 0.195 e. The number of hydrogen-bond acceptors (Lipinski definition) is 3. The van der Waals surface area contributed by atoms with Crippen LogP contribution in [-0.2, 0) is 16.0 Å². The molecule has 0 aromatic heterocycles. The van der Waals surface area contributed by atoms with Crippen LogP contribution in [0.2, 0.25) is 5.02 Å². The van der Waals surface area contributed by atoms with E-state index in [2.05, 4.69) is 6.92 Å². The number of aliphatic hydroxyl groups is 1. The van der Waals surface area contributed by atoms with Crippen LogP contribution in [0.5, 0.6) is 0 Å². The summed E-state index contributed by atoms with van der Waals surface area (Å²) in [4.78, 5) is 12.9. The fraction of sp³-hybridized carbons (Fsp3) is 0.318. The number of aliphatic hydroxyl groups excluding tert-OH is 1. The third-order valence-electron chi connectivity index (χ3n) is 5.50. The minimum absolute atomic E-state index is 0.0687. The SMILES string of the molecule is CCc1ccc(-c2ccc(Cl)cc2)cc1C1=C(O)C2(C)CCC(O2)C1=O. The fourth-order valence-electron chi connectivity index (χ4n) is 3.94. The molecular weight excluding hydrogens is 348 g/mol. The van der Waals surface area contributed by atoms with Gasteiger partial charge in [-0.25, -0.2) is 0 Å². The van der Waals surface area contributed by atoms with Crippen LogP contribution in [0.4, 0.5) is 0 Å². The van der Waals surface area contributed by atoms with Crippen molar-refractivity contribution in [3.05, 3.63) is 64.4 Å². The van der Waals surface area contributed by atoms with E-state index in [1.165, 1.54) is 0 Å². The predicted molar refractivity (Wildman–Crippen MR) is 103 cm³/mol. The first-order chi connectivity index (χ1) is 12.4. The Morgan fingerprint density at radius 1 is 1.19 bits per heavy atom. The van der Waals surface area contributed by atoms with Gasteiger partial charge >= 0.3 is 0 Å². The zero-order chi connectivity index (χ0) is 18.5. The van der Waals surface area contributed by atoms with Crippen molar-refractivity contribution in [1.29, 1.82) is 0 Å². The molecule has 2 unspecified atom stereocenters. The van der Waals surface area contributed by atoms with Gasteiger partial charge in [-0.1, -0.05) is 42.8 Å². The third-order valence-corrected chi connectivity index (χ3v) is 5.75. The second-order valence-electron chi connectivity index (χ2n) is 7.20. The molecule has 0 aliphatic carbocycles. The van der Waals surface area contributed by atoms with Crippen molar-refractivity contribution in [2.75, 3.05) is 0 Å². The zero-order valence-electron chi connectivity index (χ0n) is 14.9. The van der Waals surface area contributed by atoms with Crippen LogP contribution in [0.25, 0.3) is 16.7 Å². The molecule has 2 aromatic rings. The van der Waals surface area contributed by atoms with E-state index in [0.29, 0.717) is 23.4 Å². The lowest BCUT2D eigenvalue weighted by Crippen LogP contribution is -2.37. The lowest BCUT2D eigenvalue weighted by molar-refractivity contribution is -0.130.